The number of halogens is 1. The second-order valence-electron chi connectivity index (χ2n) is 1.70. The number of hydrogen-bond donors (Lipinski definition) is 0. The van der Waals surface area contributed by atoms with Gasteiger partial charge in [-0.2, -0.15) is 10.2 Å². The maximum atomic E-state index is 10.6. The maximum absolute atomic E-state index is 10.6. The Morgan fingerprint density at radius 3 is 2.91 bits per heavy atom. The summed E-state index contributed by atoms with van der Waals surface area (Å²) in [6.07, 6.45) is 0. The van der Waals surface area contributed by atoms with Crippen molar-refractivity contribution in [1.29, 1.82) is 5.26 Å². The maximum Gasteiger partial charge on any atom is 0.265 e. The molecule has 1 aromatic heterocycles. The zero-order valence-electron chi connectivity index (χ0n) is 5.32. The summed E-state index contributed by atoms with van der Waals surface area (Å²) in [5.74, 6) is 0. The first-order valence-electron chi connectivity index (χ1n) is 2.69. The standard InChI is InChI=1S/C6H3ClN2OS/c7-11(10)6-3-1-2-5(4-8)9-6/h1-3H. The highest BCUT2D eigenvalue weighted by atomic mass is 35.7. The predicted molar refractivity (Wildman–Crippen MR) is 41.2 cm³/mol. The van der Waals surface area contributed by atoms with Crippen molar-refractivity contribution in [3.05, 3.63) is 23.9 Å². The van der Waals surface area contributed by atoms with Gasteiger partial charge in [0.05, 0.1) is 0 Å². The topological polar surface area (TPSA) is 59.7 Å². The summed E-state index contributed by atoms with van der Waals surface area (Å²) >= 11 is 0. The lowest BCUT2D eigenvalue weighted by Crippen LogP contribution is -1.95. The molecule has 0 bridgehead atoms. The predicted octanol–water partition coefficient (Wildman–Crippen LogP) is 1.21. The molecule has 1 heterocycles. The Kier molecular flexibility index (Phi) is 2.71. The van der Waals surface area contributed by atoms with Crippen LogP contribution >= 0.6 is 10.7 Å². The van der Waals surface area contributed by atoms with Crippen LogP contribution in [0.5, 0.6) is 0 Å². The molecule has 0 aliphatic carbocycles. The molecule has 0 fully saturated rings. The van der Waals surface area contributed by atoms with Gasteiger partial charge in [-0.1, -0.05) is 6.07 Å². The van der Waals surface area contributed by atoms with Crippen LogP contribution in [0, 0.1) is 11.3 Å². The quantitative estimate of drug-likeness (QED) is 0.620. The highest BCUT2D eigenvalue weighted by Crippen LogP contribution is 2.11. The minimum absolute atomic E-state index is 0.214. The average Bonchev–Trinajstić information content (AvgIpc) is 2.05. The van der Waals surface area contributed by atoms with Crippen molar-refractivity contribution < 1.29 is 4.55 Å². The van der Waals surface area contributed by atoms with E-state index in [1.807, 2.05) is 6.07 Å². The zero-order chi connectivity index (χ0) is 8.27. The van der Waals surface area contributed by atoms with E-state index >= 15 is 0 Å². The number of hydrogen-bond acceptors (Lipinski definition) is 3. The fourth-order valence-electron chi connectivity index (χ4n) is 0.566. The van der Waals surface area contributed by atoms with Crippen molar-refractivity contribution in [2.75, 3.05) is 0 Å². The number of aromatic nitrogens is 1. The molecular formula is C6H3ClN2OS. The smallest absolute Gasteiger partial charge is 0.265 e. The molecule has 0 spiro atoms. The number of nitrogens with zero attached hydrogens (tertiary/aromatic N) is 2. The Morgan fingerprint density at radius 1 is 1.64 bits per heavy atom. The second kappa shape index (κ2) is 3.58. The van der Waals surface area contributed by atoms with Crippen molar-refractivity contribution in [2.45, 2.75) is 5.03 Å². The summed E-state index contributed by atoms with van der Waals surface area (Å²) in [4.78, 5) is 3.70. The van der Waals surface area contributed by atoms with Gasteiger partial charge >= 0.3 is 0 Å². The fraction of sp³-hybridized carbons (Fsp3) is 0. The van der Waals surface area contributed by atoms with Crippen LogP contribution < -0.4 is 0 Å². The van der Waals surface area contributed by atoms with Crippen LogP contribution in [0.1, 0.15) is 5.69 Å². The summed E-state index contributed by atoms with van der Waals surface area (Å²) in [6, 6.07) is 6.43. The minimum Gasteiger partial charge on any atom is -0.593 e. The average molecular weight is 187 g/mol. The molecule has 1 aromatic rings. The first kappa shape index (κ1) is 8.34. The van der Waals surface area contributed by atoms with E-state index in [1.165, 1.54) is 12.1 Å². The van der Waals surface area contributed by atoms with E-state index in [9.17, 15) is 4.55 Å². The largest absolute Gasteiger partial charge is 0.593 e. The number of pyridine rings is 1. The van der Waals surface area contributed by atoms with Gasteiger partial charge in [0, 0.05) is 6.07 Å². The summed E-state index contributed by atoms with van der Waals surface area (Å²) in [5, 5.41) is 8.60. The molecule has 0 radical (unpaired) electrons. The van der Waals surface area contributed by atoms with Crippen LogP contribution in [0.2, 0.25) is 0 Å². The third-order valence-corrected chi connectivity index (χ3v) is 2.03. The van der Waals surface area contributed by atoms with Crippen LogP contribution in [-0.4, -0.2) is 9.54 Å². The minimum atomic E-state index is -1.63. The lowest BCUT2D eigenvalue weighted by Gasteiger charge is -1.96. The Balaban J connectivity index is 3.03. The molecule has 1 atom stereocenters. The van der Waals surface area contributed by atoms with Gasteiger partial charge in [0.2, 0.25) is 0 Å². The molecule has 0 aliphatic rings. The van der Waals surface area contributed by atoms with Crippen molar-refractivity contribution in [2.24, 2.45) is 0 Å². The van der Waals surface area contributed by atoms with Crippen molar-refractivity contribution >= 4 is 21.1 Å². The Hall–Kier alpha value is -0.760. The van der Waals surface area contributed by atoms with E-state index in [0.29, 0.717) is 0 Å². The van der Waals surface area contributed by atoms with Gasteiger partial charge in [0.25, 0.3) is 5.03 Å². The van der Waals surface area contributed by atoms with E-state index in [0.717, 1.165) is 0 Å². The van der Waals surface area contributed by atoms with Crippen LogP contribution in [-0.2, 0) is 10.4 Å². The van der Waals surface area contributed by atoms with Gasteiger partial charge in [-0.05, 0) is 6.07 Å². The first-order chi connectivity index (χ1) is 5.24. The Morgan fingerprint density at radius 2 is 2.36 bits per heavy atom. The van der Waals surface area contributed by atoms with E-state index in [4.69, 9.17) is 15.9 Å². The highest BCUT2D eigenvalue weighted by molar-refractivity contribution is 8.13. The molecule has 5 heteroatoms. The molecule has 11 heavy (non-hydrogen) atoms. The van der Waals surface area contributed by atoms with Crippen molar-refractivity contribution in [3.63, 3.8) is 0 Å². The van der Waals surface area contributed by atoms with Crippen molar-refractivity contribution in [1.82, 2.24) is 4.98 Å². The molecular weight excluding hydrogens is 184 g/mol. The highest BCUT2D eigenvalue weighted by Gasteiger charge is 2.09. The van der Waals surface area contributed by atoms with E-state index in [-0.39, 0.29) is 10.7 Å². The van der Waals surface area contributed by atoms with E-state index in [2.05, 4.69) is 4.98 Å². The fourth-order valence-corrected chi connectivity index (χ4v) is 1.18. The van der Waals surface area contributed by atoms with Crippen LogP contribution in [0.3, 0.4) is 0 Å². The lowest BCUT2D eigenvalue weighted by atomic mass is 10.4. The summed E-state index contributed by atoms with van der Waals surface area (Å²) < 4.78 is 10.6. The van der Waals surface area contributed by atoms with Crippen LogP contribution in [0.15, 0.2) is 23.2 Å². The molecule has 56 valence electrons. The molecule has 0 saturated heterocycles. The summed E-state index contributed by atoms with van der Waals surface area (Å²) in [7, 11) is 3.60. The molecule has 0 aromatic carbocycles. The number of rotatable bonds is 1. The monoisotopic (exact) mass is 186 g/mol. The third kappa shape index (κ3) is 2.09. The summed E-state index contributed by atoms with van der Waals surface area (Å²) in [6.45, 7) is 0. The molecule has 0 amide bonds. The van der Waals surface area contributed by atoms with Gasteiger partial charge in [0.15, 0.2) is 10.7 Å². The zero-order valence-corrected chi connectivity index (χ0v) is 6.89. The van der Waals surface area contributed by atoms with Crippen LogP contribution in [0.4, 0.5) is 0 Å². The van der Waals surface area contributed by atoms with Gasteiger partial charge in [-0.3, -0.25) is 0 Å². The van der Waals surface area contributed by atoms with Gasteiger partial charge in [-0.25, -0.2) is 0 Å². The third-order valence-electron chi connectivity index (χ3n) is 1.00. The molecule has 1 rings (SSSR count). The van der Waals surface area contributed by atoms with Gasteiger partial charge in [-0.15, -0.1) is 0 Å². The molecule has 0 saturated carbocycles. The lowest BCUT2D eigenvalue weighted by molar-refractivity contribution is 0.605. The molecule has 1 unspecified atom stereocenters. The molecule has 0 N–H and O–H groups in total. The SMILES string of the molecule is N#Cc1cccc([S+]([O-])Cl)n1. The molecule has 0 aliphatic heterocycles. The van der Waals surface area contributed by atoms with Gasteiger partial charge in [0.1, 0.15) is 22.2 Å². The van der Waals surface area contributed by atoms with Crippen molar-refractivity contribution in [3.8, 4) is 6.07 Å². The number of nitriles is 1. The van der Waals surface area contributed by atoms with E-state index < -0.39 is 10.4 Å². The second-order valence-corrected chi connectivity index (χ2v) is 3.40. The molecule has 3 nitrogen and oxygen atoms in total. The Bertz CT molecular complexity index is 297. The normalized spacial score (nSPS) is 12.1. The Labute approximate surface area is 71.3 Å². The van der Waals surface area contributed by atoms with Gasteiger partial charge < -0.3 is 4.55 Å². The first-order valence-corrected chi connectivity index (χ1v) is 4.67. The summed E-state index contributed by atoms with van der Waals surface area (Å²) in [5.41, 5.74) is 0.219. The van der Waals surface area contributed by atoms with E-state index in [1.54, 1.807) is 6.07 Å². The van der Waals surface area contributed by atoms with Crippen LogP contribution in [0.25, 0.3) is 0 Å².